The Hall–Kier alpha value is -2.75. The highest BCUT2D eigenvalue weighted by Gasteiger charge is 2.44. The molecule has 0 bridgehead atoms. The summed E-state index contributed by atoms with van der Waals surface area (Å²) in [6.45, 7) is 2.07. The van der Waals surface area contributed by atoms with Gasteiger partial charge in [-0.25, -0.2) is 4.79 Å². The third kappa shape index (κ3) is 4.81. The van der Waals surface area contributed by atoms with Gasteiger partial charge in [-0.1, -0.05) is 25.5 Å². The summed E-state index contributed by atoms with van der Waals surface area (Å²) < 4.78 is 6.56. The Balaban J connectivity index is 1.61. The van der Waals surface area contributed by atoms with Crippen LogP contribution in [0.1, 0.15) is 41.9 Å². The fourth-order valence-electron chi connectivity index (χ4n) is 3.25. The summed E-state index contributed by atoms with van der Waals surface area (Å²) >= 11 is 0. The summed E-state index contributed by atoms with van der Waals surface area (Å²) in [7, 11) is 0. The van der Waals surface area contributed by atoms with Crippen molar-refractivity contribution in [1.82, 2.24) is 14.9 Å². The number of amides is 1. The molecule has 0 unspecified atom stereocenters. The van der Waals surface area contributed by atoms with E-state index in [4.69, 9.17) is 4.74 Å². The van der Waals surface area contributed by atoms with Crippen molar-refractivity contribution in [2.45, 2.75) is 50.7 Å². The first-order valence-corrected chi connectivity index (χ1v) is 9.61. The lowest BCUT2D eigenvalue weighted by Crippen LogP contribution is -2.40. The van der Waals surface area contributed by atoms with Gasteiger partial charge in [0.15, 0.2) is 6.23 Å². The van der Waals surface area contributed by atoms with Crippen LogP contribution in [-0.2, 0) is 11.2 Å². The number of benzene rings is 1. The van der Waals surface area contributed by atoms with Crippen LogP contribution in [0.5, 0.6) is 0 Å². The van der Waals surface area contributed by atoms with Crippen LogP contribution in [-0.4, -0.2) is 50.5 Å². The lowest BCUT2D eigenvalue weighted by atomic mass is 10.1. The zero-order valence-corrected chi connectivity index (χ0v) is 16.1. The SMILES string of the molecule is CCCCc1ccc(C(=O)NC[C@H]2O[C@@H](n3ccc(=O)[nH]c3=O)[C@H](O)[C@@H]2O)cc1. The van der Waals surface area contributed by atoms with E-state index in [-0.39, 0.29) is 12.5 Å². The van der Waals surface area contributed by atoms with Gasteiger partial charge in [-0.05, 0) is 30.5 Å². The molecule has 2 heterocycles. The monoisotopic (exact) mass is 403 g/mol. The molecule has 1 aliphatic heterocycles. The van der Waals surface area contributed by atoms with Crippen molar-refractivity contribution >= 4 is 5.91 Å². The van der Waals surface area contributed by atoms with Gasteiger partial charge in [-0.2, -0.15) is 0 Å². The van der Waals surface area contributed by atoms with Crippen LogP contribution in [0.4, 0.5) is 0 Å². The Labute approximate surface area is 167 Å². The number of hydrogen-bond donors (Lipinski definition) is 4. The number of rotatable bonds is 7. The minimum Gasteiger partial charge on any atom is -0.387 e. The fourth-order valence-corrected chi connectivity index (χ4v) is 3.25. The molecule has 1 aliphatic rings. The van der Waals surface area contributed by atoms with Gasteiger partial charge in [-0.15, -0.1) is 0 Å². The topological polar surface area (TPSA) is 134 Å². The molecule has 4 N–H and O–H groups in total. The fraction of sp³-hybridized carbons (Fsp3) is 0.450. The van der Waals surface area contributed by atoms with Crippen LogP contribution in [0, 0.1) is 0 Å². The number of H-pyrrole nitrogens is 1. The Morgan fingerprint density at radius 2 is 1.90 bits per heavy atom. The van der Waals surface area contributed by atoms with E-state index in [0.29, 0.717) is 5.56 Å². The van der Waals surface area contributed by atoms with Crippen LogP contribution < -0.4 is 16.6 Å². The highest BCUT2D eigenvalue weighted by atomic mass is 16.6. The van der Waals surface area contributed by atoms with Crippen LogP contribution in [0.3, 0.4) is 0 Å². The first-order chi connectivity index (χ1) is 13.9. The average Bonchev–Trinajstić information content (AvgIpc) is 2.99. The third-order valence-electron chi connectivity index (χ3n) is 4.96. The van der Waals surface area contributed by atoms with Crippen LogP contribution in [0.15, 0.2) is 46.1 Å². The highest BCUT2D eigenvalue weighted by Crippen LogP contribution is 2.27. The molecule has 1 aromatic carbocycles. The number of aromatic nitrogens is 2. The van der Waals surface area contributed by atoms with Gasteiger partial charge in [0.2, 0.25) is 0 Å². The van der Waals surface area contributed by atoms with Crippen molar-refractivity contribution in [3.8, 4) is 0 Å². The molecule has 156 valence electrons. The van der Waals surface area contributed by atoms with Crippen LogP contribution >= 0.6 is 0 Å². The van der Waals surface area contributed by atoms with E-state index in [0.717, 1.165) is 35.5 Å². The molecular weight excluding hydrogens is 378 g/mol. The molecule has 0 radical (unpaired) electrons. The van der Waals surface area contributed by atoms with Crippen molar-refractivity contribution < 1.29 is 19.7 Å². The third-order valence-corrected chi connectivity index (χ3v) is 4.96. The standard InChI is InChI=1S/C20H25N3O6/c1-2-3-4-12-5-7-13(8-6-12)18(27)21-11-14-16(25)17(26)19(29-14)23-10-9-15(24)22-20(23)28/h5-10,14,16-17,19,25-26H,2-4,11H2,1H3,(H,21,27)(H,22,24,28)/t14-,16-,17-,19-/m1/s1. The molecule has 1 amide bonds. The predicted octanol–water partition coefficient (Wildman–Crippen LogP) is -0.0716. The number of unbranched alkanes of at least 4 members (excludes halogenated alkanes) is 1. The number of aryl methyl sites for hydroxylation is 1. The van der Waals surface area contributed by atoms with Crippen LogP contribution in [0.25, 0.3) is 0 Å². The average molecular weight is 403 g/mol. The van der Waals surface area contributed by atoms with E-state index in [1.165, 1.54) is 6.20 Å². The second-order valence-electron chi connectivity index (χ2n) is 7.07. The number of carbonyl (C=O) groups is 1. The summed E-state index contributed by atoms with van der Waals surface area (Å²) in [6, 6.07) is 8.42. The summed E-state index contributed by atoms with van der Waals surface area (Å²) in [5.41, 5.74) is 0.298. The Kier molecular flexibility index (Phi) is 6.63. The lowest BCUT2D eigenvalue weighted by molar-refractivity contribution is -0.0387. The lowest BCUT2D eigenvalue weighted by Gasteiger charge is -2.16. The van der Waals surface area contributed by atoms with Crippen molar-refractivity contribution in [2.75, 3.05) is 6.54 Å². The number of carbonyl (C=O) groups excluding carboxylic acids is 1. The number of hydrogen-bond acceptors (Lipinski definition) is 6. The molecule has 29 heavy (non-hydrogen) atoms. The maximum Gasteiger partial charge on any atom is 0.330 e. The number of nitrogens with one attached hydrogen (secondary N) is 2. The number of aromatic amines is 1. The van der Waals surface area contributed by atoms with E-state index in [9.17, 15) is 24.6 Å². The molecule has 1 saturated heterocycles. The maximum absolute atomic E-state index is 12.4. The van der Waals surface area contributed by atoms with E-state index < -0.39 is 35.8 Å². The molecule has 4 atom stereocenters. The van der Waals surface area contributed by atoms with Gasteiger partial charge in [-0.3, -0.25) is 19.1 Å². The van der Waals surface area contributed by atoms with Crippen molar-refractivity contribution in [3.05, 3.63) is 68.5 Å². The van der Waals surface area contributed by atoms with Crippen molar-refractivity contribution in [3.63, 3.8) is 0 Å². The van der Waals surface area contributed by atoms with E-state index in [2.05, 4.69) is 17.2 Å². The molecule has 3 rings (SSSR count). The number of aliphatic hydroxyl groups is 2. The molecule has 1 fully saturated rings. The van der Waals surface area contributed by atoms with Gasteiger partial charge in [0.05, 0.1) is 0 Å². The normalized spacial score (nSPS) is 23.8. The summed E-state index contributed by atoms with van der Waals surface area (Å²) in [5.74, 6) is -0.331. The molecular formula is C20H25N3O6. The molecule has 1 aromatic heterocycles. The summed E-state index contributed by atoms with van der Waals surface area (Å²) in [4.78, 5) is 37.5. The Bertz CT molecular complexity index is 952. The van der Waals surface area contributed by atoms with E-state index in [1.54, 1.807) is 12.1 Å². The molecule has 0 aliphatic carbocycles. The van der Waals surface area contributed by atoms with Gasteiger partial charge < -0.3 is 20.3 Å². The van der Waals surface area contributed by atoms with E-state index >= 15 is 0 Å². The zero-order valence-electron chi connectivity index (χ0n) is 16.1. The number of nitrogens with zero attached hydrogens (tertiary/aromatic N) is 1. The van der Waals surface area contributed by atoms with Crippen molar-refractivity contribution in [2.24, 2.45) is 0 Å². The van der Waals surface area contributed by atoms with Crippen LogP contribution in [0.2, 0.25) is 0 Å². The quantitative estimate of drug-likeness (QED) is 0.511. The minimum atomic E-state index is -1.39. The smallest absolute Gasteiger partial charge is 0.330 e. The number of aliphatic hydroxyl groups excluding tert-OH is 2. The summed E-state index contributed by atoms with van der Waals surface area (Å²) in [5, 5.41) is 23.1. The maximum atomic E-state index is 12.4. The number of ether oxygens (including phenoxy) is 1. The predicted molar refractivity (Wildman–Crippen MR) is 105 cm³/mol. The first-order valence-electron chi connectivity index (χ1n) is 9.61. The second kappa shape index (κ2) is 9.17. The molecule has 9 heteroatoms. The molecule has 2 aromatic rings. The van der Waals surface area contributed by atoms with Gasteiger partial charge in [0, 0.05) is 24.4 Å². The van der Waals surface area contributed by atoms with Gasteiger partial charge in [0.1, 0.15) is 18.3 Å². The Morgan fingerprint density at radius 1 is 1.17 bits per heavy atom. The van der Waals surface area contributed by atoms with Gasteiger partial charge >= 0.3 is 5.69 Å². The second-order valence-corrected chi connectivity index (χ2v) is 7.07. The van der Waals surface area contributed by atoms with E-state index in [1.807, 2.05) is 12.1 Å². The molecule has 0 saturated carbocycles. The molecule has 0 spiro atoms. The van der Waals surface area contributed by atoms with Gasteiger partial charge in [0.25, 0.3) is 11.5 Å². The summed E-state index contributed by atoms with van der Waals surface area (Å²) in [6.07, 6.45) is -0.453. The Morgan fingerprint density at radius 3 is 2.55 bits per heavy atom. The highest BCUT2D eigenvalue weighted by molar-refractivity contribution is 5.94. The first kappa shape index (κ1) is 21.0. The largest absolute Gasteiger partial charge is 0.387 e. The zero-order chi connectivity index (χ0) is 21.0. The molecule has 9 nitrogen and oxygen atoms in total. The van der Waals surface area contributed by atoms with Crippen molar-refractivity contribution in [1.29, 1.82) is 0 Å². The minimum absolute atomic E-state index is 0.0523.